The topological polar surface area (TPSA) is 58.4 Å². The number of hydrogen-bond donors (Lipinski definition) is 1. The third-order valence-corrected chi connectivity index (χ3v) is 3.52. The van der Waals surface area contributed by atoms with Crippen molar-refractivity contribution in [3.63, 3.8) is 0 Å². The molecule has 0 radical (unpaired) electrons. The molecular formula is C16H20N6. The lowest BCUT2D eigenvalue weighted by molar-refractivity contribution is 0.882. The Morgan fingerprint density at radius 3 is 2.50 bits per heavy atom. The summed E-state index contributed by atoms with van der Waals surface area (Å²) in [5.74, 6) is 1.22. The summed E-state index contributed by atoms with van der Waals surface area (Å²) in [6.07, 6.45) is 0. The number of rotatable bonds is 4. The zero-order valence-corrected chi connectivity index (χ0v) is 13.3. The number of aryl methyl sites for hydroxylation is 2. The van der Waals surface area contributed by atoms with Gasteiger partial charge >= 0.3 is 0 Å². The lowest BCUT2D eigenvalue weighted by atomic mass is 10.2. The molecule has 3 rings (SSSR count). The van der Waals surface area contributed by atoms with Gasteiger partial charge in [-0.3, -0.25) is 0 Å². The fraction of sp³-hybridized carbons (Fsp3) is 0.312. The number of fused-ring (bicyclic) bond motifs is 1. The van der Waals surface area contributed by atoms with Crippen LogP contribution in [0.3, 0.4) is 0 Å². The van der Waals surface area contributed by atoms with Gasteiger partial charge in [0.15, 0.2) is 0 Å². The Bertz CT molecular complexity index is 788. The molecule has 0 aliphatic carbocycles. The smallest absolute Gasteiger partial charge is 0.254 e. The molecule has 114 valence electrons. The van der Waals surface area contributed by atoms with Gasteiger partial charge in [0.05, 0.1) is 0 Å². The molecule has 6 nitrogen and oxygen atoms in total. The van der Waals surface area contributed by atoms with Crippen LogP contribution in [0.15, 0.2) is 30.3 Å². The summed E-state index contributed by atoms with van der Waals surface area (Å²) in [5.41, 5.74) is 4.34. The number of anilines is 2. The van der Waals surface area contributed by atoms with Crippen molar-refractivity contribution in [1.82, 2.24) is 19.6 Å². The average molecular weight is 296 g/mol. The molecule has 0 bridgehead atoms. The van der Waals surface area contributed by atoms with Crippen molar-refractivity contribution in [3.8, 4) is 0 Å². The Kier molecular flexibility index (Phi) is 3.66. The number of nitrogens with one attached hydrogen (secondary N) is 1. The largest absolute Gasteiger partial charge is 0.378 e. The van der Waals surface area contributed by atoms with Gasteiger partial charge in [0, 0.05) is 37.7 Å². The van der Waals surface area contributed by atoms with Crippen LogP contribution in [0.25, 0.3) is 5.78 Å². The van der Waals surface area contributed by atoms with E-state index in [1.54, 1.807) is 4.52 Å². The first-order chi connectivity index (χ1) is 10.5. The third-order valence-electron chi connectivity index (χ3n) is 3.52. The first-order valence-corrected chi connectivity index (χ1v) is 7.24. The second kappa shape index (κ2) is 5.63. The first kappa shape index (κ1) is 14.3. The van der Waals surface area contributed by atoms with Gasteiger partial charge in [-0.15, -0.1) is 5.10 Å². The molecule has 2 heterocycles. The zero-order valence-electron chi connectivity index (χ0n) is 13.3. The summed E-state index contributed by atoms with van der Waals surface area (Å²) in [4.78, 5) is 10.9. The Morgan fingerprint density at radius 1 is 1.09 bits per heavy atom. The Hall–Kier alpha value is -2.63. The second-order valence-corrected chi connectivity index (χ2v) is 5.60. The lowest BCUT2D eigenvalue weighted by Gasteiger charge is -2.12. The molecule has 22 heavy (non-hydrogen) atoms. The second-order valence-electron chi connectivity index (χ2n) is 5.60. The van der Waals surface area contributed by atoms with Crippen LogP contribution in [0.5, 0.6) is 0 Å². The molecule has 0 saturated heterocycles. The van der Waals surface area contributed by atoms with E-state index in [9.17, 15) is 0 Å². The molecule has 0 aliphatic heterocycles. The van der Waals surface area contributed by atoms with E-state index in [-0.39, 0.29) is 0 Å². The Balaban J connectivity index is 1.75. The van der Waals surface area contributed by atoms with Gasteiger partial charge in [0.2, 0.25) is 5.95 Å². The fourth-order valence-corrected chi connectivity index (χ4v) is 2.33. The molecule has 3 aromatic rings. The quantitative estimate of drug-likeness (QED) is 0.801. The van der Waals surface area contributed by atoms with E-state index in [0.29, 0.717) is 18.3 Å². The van der Waals surface area contributed by atoms with Gasteiger partial charge < -0.3 is 10.2 Å². The highest BCUT2D eigenvalue weighted by Gasteiger charge is 2.07. The third kappa shape index (κ3) is 2.86. The monoisotopic (exact) mass is 296 g/mol. The highest BCUT2D eigenvalue weighted by atomic mass is 15.4. The molecule has 0 saturated carbocycles. The molecule has 1 aromatic carbocycles. The van der Waals surface area contributed by atoms with Gasteiger partial charge in [-0.2, -0.15) is 9.50 Å². The molecule has 2 aromatic heterocycles. The van der Waals surface area contributed by atoms with Crippen molar-refractivity contribution < 1.29 is 0 Å². The van der Waals surface area contributed by atoms with Crippen molar-refractivity contribution in [2.45, 2.75) is 20.4 Å². The molecule has 6 heteroatoms. The minimum absolute atomic E-state index is 0.595. The van der Waals surface area contributed by atoms with Crippen LogP contribution in [0.2, 0.25) is 0 Å². The van der Waals surface area contributed by atoms with Crippen LogP contribution < -0.4 is 10.2 Å². The minimum Gasteiger partial charge on any atom is -0.378 e. The summed E-state index contributed by atoms with van der Waals surface area (Å²) in [7, 11) is 4.07. The summed E-state index contributed by atoms with van der Waals surface area (Å²) < 4.78 is 1.75. The van der Waals surface area contributed by atoms with E-state index in [1.165, 1.54) is 11.3 Å². The van der Waals surface area contributed by atoms with E-state index in [1.807, 2.05) is 34.0 Å². The summed E-state index contributed by atoms with van der Waals surface area (Å²) in [6.45, 7) is 4.64. The normalized spacial score (nSPS) is 10.9. The van der Waals surface area contributed by atoms with Crippen molar-refractivity contribution in [1.29, 1.82) is 0 Å². The summed E-state index contributed by atoms with van der Waals surface area (Å²) in [5, 5.41) is 7.69. The minimum atomic E-state index is 0.595. The Labute approximate surface area is 129 Å². The maximum atomic E-state index is 4.44. The van der Waals surface area contributed by atoms with Crippen molar-refractivity contribution in [3.05, 3.63) is 47.3 Å². The van der Waals surface area contributed by atoms with Gasteiger partial charge in [-0.05, 0) is 37.6 Å². The van der Waals surface area contributed by atoms with E-state index >= 15 is 0 Å². The van der Waals surface area contributed by atoms with E-state index in [2.05, 4.69) is 49.5 Å². The first-order valence-electron chi connectivity index (χ1n) is 7.24. The van der Waals surface area contributed by atoms with Gasteiger partial charge in [-0.25, -0.2) is 4.98 Å². The van der Waals surface area contributed by atoms with Crippen LogP contribution in [0, 0.1) is 13.8 Å². The lowest BCUT2D eigenvalue weighted by Crippen LogP contribution is -2.08. The van der Waals surface area contributed by atoms with Crippen molar-refractivity contribution in [2.75, 3.05) is 24.3 Å². The molecule has 0 atom stereocenters. The molecule has 0 fully saturated rings. The number of benzene rings is 1. The molecule has 0 spiro atoms. The van der Waals surface area contributed by atoms with Crippen LogP contribution in [0.1, 0.15) is 17.0 Å². The average Bonchev–Trinajstić information content (AvgIpc) is 2.89. The van der Waals surface area contributed by atoms with Gasteiger partial charge in [-0.1, -0.05) is 12.1 Å². The van der Waals surface area contributed by atoms with E-state index in [0.717, 1.165) is 11.4 Å². The molecule has 1 N–H and O–H groups in total. The van der Waals surface area contributed by atoms with E-state index in [4.69, 9.17) is 0 Å². The molecule has 0 unspecified atom stereocenters. The van der Waals surface area contributed by atoms with Crippen molar-refractivity contribution >= 4 is 17.4 Å². The van der Waals surface area contributed by atoms with Crippen molar-refractivity contribution in [2.24, 2.45) is 0 Å². The number of nitrogens with zero attached hydrogens (tertiary/aromatic N) is 5. The summed E-state index contributed by atoms with van der Waals surface area (Å²) >= 11 is 0. The van der Waals surface area contributed by atoms with Crippen LogP contribution >= 0.6 is 0 Å². The predicted molar refractivity (Wildman–Crippen MR) is 88.4 cm³/mol. The number of hydrogen-bond acceptors (Lipinski definition) is 5. The standard InChI is InChI=1S/C16H20N6/c1-11-9-12(2)22-16(18-11)19-15(20-22)17-10-13-5-7-14(8-6-13)21(3)4/h5-9H,10H2,1-4H3,(H,17,20). The highest BCUT2D eigenvalue weighted by Crippen LogP contribution is 2.13. The maximum Gasteiger partial charge on any atom is 0.254 e. The summed E-state index contributed by atoms with van der Waals surface area (Å²) in [6, 6.07) is 10.4. The van der Waals surface area contributed by atoms with Crippen LogP contribution in [-0.2, 0) is 6.54 Å². The van der Waals surface area contributed by atoms with Gasteiger partial charge in [0.25, 0.3) is 5.78 Å². The van der Waals surface area contributed by atoms with Gasteiger partial charge in [0.1, 0.15) is 0 Å². The maximum absolute atomic E-state index is 4.44. The highest BCUT2D eigenvalue weighted by molar-refractivity contribution is 5.46. The fourth-order valence-electron chi connectivity index (χ4n) is 2.33. The molecule has 0 amide bonds. The van der Waals surface area contributed by atoms with Crippen LogP contribution in [0.4, 0.5) is 11.6 Å². The predicted octanol–water partition coefficient (Wildman–Crippen LogP) is 2.42. The molecule has 0 aliphatic rings. The van der Waals surface area contributed by atoms with E-state index < -0.39 is 0 Å². The van der Waals surface area contributed by atoms with Crippen LogP contribution in [-0.4, -0.2) is 33.7 Å². The Morgan fingerprint density at radius 2 is 1.82 bits per heavy atom. The zero-order chi connectivity index (χ0) is 15.7. The SMILES string of the molecule is Cc1cc(C)n2nc(NCc3ccc(N(C)C)cc3)nc2n1. The number of aromatic nitrogens is 4. The molecular weight excluding hydrogens is 276 g/mol.